The van der Waals surface area contributed by atoms with Crippen LogP contribution < -0.4 is 16.2 Å². The third-order valence-corrected chi connectivity index (χ3v) is 4.25. The highest BCUT2D eigenvalue weighted by molar-refractivity contribution is 6.33. The Hall–Kier alpha value is -1.42. The van der Waals surface area contributed by atoms with Gasteiger partial charge in [0.2, 0.25) is 0 Å². The van der Waals surface area contributed by atoms with E-state index in [0.29, 0.717) is 22.4 Å². The number of hydrogen-bond acceptors (Lipinski definition) is 3. The number of ether oxygens (including phenoxy) is 1. The average Bonchev–Trinajstić information content (AvgIpc) is 2.41. The standard InChI is InChI=1S/C15H21ClN2O2/c1-2-9-5-3-4-6-13(9)20-14-11(15(18)19)7-10(17)8-12(14)16/h7-9,13H,2-6,17H2,1H3,(H2,18,19). The van der Waals surface area contributed by atoms with E-state index in [-0.39, 0.29) is 11.7 Å². The van der Waals surface area contributed by atoms with Crippen molar-refractivity contribution in [2.45, 2.75) is 45.1 Å². The molecule has 0 heterocycles. The zero-order valence-corrected chi connectivity index (χ0v) is 12.5. The summed E-state index contributed by atoms with van der Waals surface area (Å²) in [6.07, 6.45) is 5.66. The van der Waals surface area contributed by atoms with Crippen molar-refractivity contribution in [3.05, 3.63) is 22.7 Å². The first kappa shape index (κ1) is 15.0. The van der Waals surface area contributed by atoms with Crippen molar-refractivity contribution in [1.29, 1.82) is 0 Å². The molecule has 1 aromatic rings. The van der Waals surface area contributed by atoms with Crippen molar-refractivity contribution >= 4 is 23.2 Å². The Morgan fingerprint density at radius 2 is 2.10 bits per heavy atom. The number of carbonyl (C=O) groups excluding carboxylic acids is 1. The normalized spacial score (nSPS) is 22.5. The van der Waals surface area contributed by atoms with Crippen LogP contribution in [-0.4, -0.2) is 12.0 Å². The van der Waals surface area contributed by atoms with Crippen LogP contribution in [0.15, 0.2) is 12.1 Å². The number of amides is 1. The van der Waals surface area contributed by atoms with Gasteiger partial charge in [-0.1, -0.05) is 24.9 Å². The predicted molar refractivity (Wildman–Crippen MR) is 81.0 cm³/mol. The minimum absolute atomic E-state index is 0.0907. The number of nitrogen functional groups attached to an aromatic ring is 1. The monoisotopic (exact) mass is 296 g/mol. The SMILES string of the molecule is CCC1CCCCC1Oc1c(Cl)cc(N)cc1C(N)=O. The van der Waals surface area contributed by atoms with Gasteiger partial charge in [-0.25, -0.2) is 0 Å². The lowest BCUT2D eigenvalue weighted by Crippen LogP contribution is -2.31. The van der Waals surface area contributed by atoms with Crippen LogP contribution in [0.2, 0.25) is 5.02 Å². The number of rotatable bonds is 4. The predicted octanol–water partition coefficient (Wildman–Crippen LogP) is 3.37. The second-order valence-corrected chi connectivity index (χ2v) is 5.76. The molecule has 1 saturated carbocycles. The van der Waals surface area contributed by atoms with Crippen molar-refractivity contribution < 1.29 is 9.53 Å². The van der Waals surface area contributed by atoms with Gasteiger partial charge in [-0.2, -0.15) is 0 Å². The fraction of sp³-hybridized carbons (Fsp3) is 0.533. The van der Waals surface area contributed by atoms with Gasteiger partial charge in [0.25, 0.3) is 5.91 Å². The molecule has 0 saturated heterocycles. The van der Waals surface area contributed by atoms with Crippen LogP contribution in [0, 0.1) is 5.92 Å². The number of carbonyl (C=O) groups is 1. The quantitative estimate of drug-likeness (QED) is 0.836. The number of nitrogens with two attached hydrogens (primary N) is 2. The molecule has 2 rings (SSSR count). The summed E-state index contributed by atoms with van der Waals surface area (Å²) in [7, 11) is 0. The van der Waals surface area contributed by atoms with Crippen molar-refractivity contribution in [3.63, 3.8) is 0 Å². The van der Waals surface area contributed by atoms with Gasteiger partial charge in [-0.3, -0.25) is 4.79 Å². The topological polar surface area (TPSA) is 78.3 Å². The molecule has 0 aliphatic heterocycles. The lowest BCUT2D eigenvalue weighted by atomic mass is 9.84. The Morgan fingerprint density at radius 3 is 2.75 bits per heavy atom. The molecular weight excluding hydrogens is 276 g/mol. The Morgan fingerprint density at radius 1 is 1.40 bits per heavy atom. The van der Waals surface area contributed by atoms with Crippen LogP contribution in [0.3, 0.4) is 0 Å². The number of benzene rings is 1. The van der Waals surface area contributed by atoms with Gasteiger partial charge in [0.1, 0.15) is 6.10 Å². The molecule has 2 unspecified atom stereocenters. The van der Waals surface area contributed by atoms with Crippen LogP contribution >= 0.6 is 11.6 Å². The fourth-order valence-corrected chi connectivity index (χ4v) is 3.14. The first-order chi connectivity index (χ1) is 9.52. The van der Waals surface area contributed by atoms with Gasteiger partial charge in [0.15, 0.2) is 5.75 Å². The van der Waals surface area contributed by atoms with E-state index < -0.39 is 5.91 Å². The van der Waals surface area contributed by atoms with Gasteiger partial charge in [-0.05, 0) is 43.7 Å². The molecule has 0 bridgehead atoms. The molecule has 1 amide bonds. The molecule has 4 nitrogen and oxygen atoms in total. The van der Waals surface area contributed by atoms with Crippen LogP contribution in [0.4, 0.5) is 5.69 Å². The number of anilines is 1. The Balaban J connectivity index is 2.30. The van der Waals surface area contributed by atoms with E-state index >= 15 is 0 Å². The highest BCUT2D eigenvalue weighted by Gasteiger charge is 2.27. The lowest BCUT2D eigenvalue weighted by Gasteiger charge is -2.32. The van der Waals surface area contributed by atoms with E-state index in [1.54, 1.807) is 6.07 Å². The molecule has 110 valence electrons. The van der Waals surface area contributed by atoms with Crippen molar-refractivity contribution in [2.24, 2.45) is 11.7 Å². The molecule has 20 heavy (non-hydrogen) atoms. The fourth-order valence-electron chi connectivity index (χ4n) is 2.86. The zero-order chi connectivity index (χ0) is 14.7. The highest BCUT2D eigenvalue weighted by atomic mass is 35.5. The van der Waals surface area contributed by atoms with Crippen LogP contribution in [0.1, 0.15) is 49.4 Å². The van der Waals surface area contributed by atoms with E-state index in [0.717, 1.165) is 25.7 Å². The molecule has 0 radical (unpaired) electrons. The summed E-state index contributed by atoms with van der Waals surface area (Å²) in [5.41, 5.74) is 11.8. The summed E-state index contributed by atoms with van der Waals surface area (Å²) >= 11 is 6.18. The summed E-state index contributed by atoms with van der Waals surface area (Å²) < 4.78 is 6.05. The van der Waals surface area contributed by atoms with E-state index in [4.69, 9.17) is 27.8 Å². The van der Waals surface area contributed by atoms with Crippen molar-refractivity contribution in [1.82, 2.24) is 0 Å². The minimum Gasteiger partial charge on any atom is -0.488 e. The van der Waals surface area contributed by atoms with Crippen LogP contribution in [0.5, 0.6) is 5.75 Å². The first-order valence-electron chi connectivity index (χ1n) is 7.08. The maximum atomic E-state index is 11.5. The maximum absolute atomic E-state index is 11.5. The molecular formula is C15H21ClN2O2. The molecule has 1 aromatic carbocycles. The van der Waals surface area contributed by atoms with Gasteiger partial charge in [0.05, 0.1) is 10.6 Å². The second-order valence-electron chi connectivity index (χ2n) is 5.35. The molecule has 0 spiro atoms. The molecule has 1 fully saturated rings. The average molecular weight is 297 g/mol. The summed E-state index contributed by atoms with van der Waals surface area (Å²) in [4.78, 5) is 11.5. The Labute approximate surface area is 124 Å². The molecule has 1 aliphatic carbocycles. The second kappa shape index (κ2) is 6.35. The smallest absolute Gasteiger partial charge is 0.252 e. The van der Waals surface area contributed by atoms with Crippen molar-refractivity contribution in [2.75, 3.05) is 5.73 Å². The largest absolute Gasteiger partial charge is 0.488 e. The summed E-state index contributed by atoms with van der Waals surface area (Å²) in [5.74, 6) is 0.301. The van der Waals surface area contributed by atoms with E-state index in [1.165, 1.54) is 12.5 Å². The minimum atomic E-state index is -0.571. The zero-order valence-electron chi connectivity index (χ0n) is 11.7. The number of hydrogen-bond donors (Lipinski definition) is 2. The van der Waals surface area contributed by atoms with Crippen LogP contribution in [-0.2, 0) is 0 Å². The third-order valence-electron chi connectivity index (χ3n) is 3.96. The van der Waals surface area contributed by atoms with Gasteiger partial charge in [0, 0.05) is 5.69 Å². The Bertz CT molecular complexity index is 505. The molecule has 5 heteroatoms. The third kappa shape index (κ3) is 3.18. The van der Waals surface area contributed by atoms with E-state index in [2.05, 4.69) is 6.92 Å². The molecule has 2 atom stereocenters. The maximum Gasteiger partial charge on any atom is 0.252 e. The van der Waals surface area contributed by atoms with Crippen LogP contribution in [0.25, 0.3) is 0 Å². The molecule has 0 aromatic heterocycles. The molecule has 4 N–H and O–H groups in total. The first-order valence-corrected chi connectivity index (χ1v) is 7.46. The molecule has 1 aliphatic rings. The van der Waals surface area contributed by atoms with E-state index in [9.17, 15) is 4.79 Å². The number of halogens is 1. The summed E-state index contributed by atoms with van der Waals surface area (Å²) in [6, 6.07) is 3.11. The van der Waals surface area contributed by atoms with Gasteiger partial charge >= 0.3 is 0 Å². The number of primary amides is 1. The van der Waals surface area contributed by atoms with E-state index in [1.807, 2.05) is 0 Å². The lowest BCUT2D eigenvalue weighted by molar-refractivity contribution is 0.0863. The summed E-state index contributed by atoms with van der Waals surface area (Å²) in [5, 5.41) is 0.347. The van der Waals surface area contributed by atoms with Gasteiger partial charge < -0.3 is 16.2 Å². The summed E-state index contributed by atoms with van der Waals surface area (Å²) in [6.45, 7) is 2.16. The highest BCUT2D eigenvalue weighted by Crippen LogP contribution is 2.36. The Kier molecular flexibility index (Phi) is 4.76. The van der Waals surface area contributed by atoms with Crippen molar-refractivity contribution in [3.8, 4) is 5.75 Å². The van der Waals surface area contributed by atoms with Gasteiger partial charge in [-0.15, -0.1) is 0 Å².